The fourth-order valence-electron chi connectivity index (χ4n) is 2.52. The van der Waals surface area contributed by atoms with Gasteiger partial charge in [0, 0.05) is 44.0 Å². The van der Waals surface area contributed by atoms with Crippen LogP contribution in [0.2, 0.25) is 0 Å². The molecule has 1 aromatic heterocycles. The quantitative estimate of drug-likeness (QED) is 0.883. The zero-order valence-corrected chi connectivity index (χ0v) is 13.2. The van der Waals surface area contributed by atoms with Gasteiger partial charge in [-0.3, -0.25) is 9.69 Å². The molecule has 0 aromatic carbocycles. The van der Waals surface area contributed by atoms with E-state index in [-0.39, 0.29) is 11.8 Å². The summed E-state index contributed by atoms with van der Waals surface area (Å²) in [5, 5.41) is 3.24. The van der Waals surface area contributed by atoms with E-state index in [9.17, 15) is 4.79 Å². The van der Waals surface area contributed by atoms with E-state index in [0.29, 0.717) is 6.54 Å². The van der Waals surface area contributed by atoms with Crippen LogP contribution in [-0.4, -0.2) is 53.4 Å². The topological polar surface area (TPSA) is 62.5 Å². The highest BCUT2D eigenvalue weighted by Crippen LogP contribution is 2.14. The predicted molar refractivity (Wildman–Crippen MR) is 81.5 cm³/mol. The lowest BCUT2D eigenvalue weighted by Crippen LogP contribution is -2.49. The molecule has 0 radical (unpaired) electrons. The zero-order valence-electron chi connectivity index (χ0n) is 12.3. The minimum Gasteiger partial charge on any atom is -0.340 e. The lowest BCUT2D eigenvalue weighted by atomic mass is 10.1. The monoisotopic (exact) mass is 296 g/mol. The molecule has 1 saturated heterocycles. The third-order valence-electron chi connectivity index (χ3n) is 3.76. The van der Waals surface area contributed by atoms with Crippen LogP contribution in [0, 0.1) is 12.8 Å². The van der Waals surface area contributed by atoms with Gasteiger partial charge in [0.05, 0.1) is 10.7 Å². The molecular formula is C14H24N4OS. The van der Waals surface area contributed by atoms with E-state index >= 15 is 0 Å². The Labute approximate surface area is 124 Å². The number of aromatic nitrogens is 1. The second-order valence-corrected chi connectivity index (χ2v) is 6.50. The molecule has 5 nitrogen and oxygen atoms in total. The molecule has 6 heteroatoms. The largest absolute Gasteiger partial charge is 0.340 e. The Balaban J connectivity index is 1.78. The first-order valence-electron chi connectivity index (χ1n) is 7.22. The van der Waals surface area contributed by atoms with Crippen molar-refractivity contribution in [3.05, 3.63) is 16.1 Å². The lowest BCUT2D eigenvalue weighted by molar-refractivity contribution is -0.137. The van der Waals surface area contributed by atoms with Gasteiger partial charge in [-0.2, -0.15) is 0 Å². The molecule has 0 spiro atoms. The molecule has 2 heterocycles. The van der Waals surface area contributed by atoms with E-state index in [2.05, 4.69) is 15.3 Å². The molecule has 1 fully saturated rings. The summed E-state index contributed by atoms with van der Waals surface area (Å²) in [6.07, 6.45) is 0.775. The number of nitrogens with zero attached hydrogens (tertiary/aromatic N) is 3. The molecule has 1 aromatic rings. The maximum absolute atomic E-state index is 12.2. The normalized spacial score (nSPS) is 18.2. The van der Waals surface area contributed by atoms with Gasteiger partial charge in [-0.1, -0.05) is 6.92 Å². The standard InChI is InChI=1S/C14H24N4OS/c1-11(3-4-15)14(19)18-7-5-17(6-8-18)9-13-10-20-12(2)16-13/h10-11H,3-9,15H2,1-2H3. The molecule has 1 aliphatic rings. The van der Waals surface area contributed by atoms with Gasteiger partial charge in [-0.05, 0) is 19.9 Å². The molecule has 0 aliphatic carbocycles. The van der Waals surface area contributed by atoms with Crippen molar-refractivity contribution in [1.29, 1.82) is 0 Å². The summed E-state index contributed by atoms with van der Waals surface area (Å²) in [6, 6.07) is 0. The number of nitrogens with two attached hydrogens (primary N) is 1. The molecule has 2 rings (SSSR count). The maximum atomic E-state index is 12.2. The third-order valence-corrected chi connectivity index (χ3v) is 4.58. The molecule has 1 aliphatic heterocycles. The van der Waals surface area contributed by atoms with Crippen molar-refractivity contribution in [2.75, 3.05) is 32.7 Å². The molecule has 20 heavy (non-hydrogen) atoms. The van der Waals surface area contributed by atoms with Crippen LogP contribution in [0.4, 0.5) is 0 Å². The van der Waals surface area contributed by atoms with E-state index in [1.54, 1.807) is 11.3 Å². The Morgan fingerprint density at radius 2 is 2.15 bits per heavy atom. The van der Waals surface area contributed by atoms with Gasteiger partial charge in [0.1, 0.15) is 0 Å². The van der Waals surface area contributed by atoms with Crippen molar-refractivity contribution in [1.82, 2.24) is 14.8 Å². The summed E-state index contributed by atoms with van der Waals surface area (Å²) in [6.45, 7) is 8.97. The average Bonchev–Trinajstić information content (AvgIpc) is 2.84. The Kier molecular flexibility index (Phi) is 5.51. The number of hydrogen-bond acceptors (Lipinski definition) is 5. The van der Waals surface area contributed by atoms with Crippen LogP contribution in [-0.2, 0) is 11.3 Å². The molecule has 0 saturated carbocycles. The molecular weight excluding hydrogens is 272 g/mol. The first kappa shape index (κ1) is 15.4. The van der Waals surface area contributed by atoms with E-state index < -0.39 is 0 Å². The van der Waals surface area contributed by atoms with Crippen LogP contribution in [0.1, 0.15) is 24.0 Å². The van der Waals surface area contributed by atoms with Gasteiger partial charge in [0.2, 0.25) is 5.91 Å². The zero-order chi connectivity index (χ0) is 14.5. The highest BCUT2D eigenvalue weighted by Gasteiger charge is 2.24. The number of thiazole rings is 1. The van der Waals surface area contributed by atoms with Gasteiger partial charge >= 0.3 is 0 Å². The summed E-state index contributed by atoms with van der Waals surface area (Å²) in [4.78, 5) is 21.0. The molecule has 0 bridgehead atoms. The van der Waals surface area contributed by atoms with Gasteiger partial charge in [0.15, 0.2) is 0 Å². The van der Waals surface area contributed by atoms with Crippen molar-refractivity contribution < 1.29 is 4.79 Å². The number of carbonyl (C=O) groups is 1. The smallest absolute Gasteiger partial charge is 0.225 e. The summed E-state index contributed by atoms with van der Waals surface area (Å²) in [5.41, 5.74) is 6.66. The van der Waals surface area contributed by atoms with Gasteiger partial charge < -0.3 is 10.6 Å². The number of rotatable bonds is 5. The summed E-state index contributed by atoms with van der Waals surface area (Å²) >= 11 is 1.69. The van der Waals surface area contributed by atoms with Crippen LogP contribution in [0.3, 0.4) is 0 Å². The highest BCUT2D eigenvalue weighted by atomic mass is 32.1. The molecule has 112 valence electrons. The predicted octanol–water partition coefficient (Wildman–Crippen LogP) is 1.08. The SMILES string of the molecule is Cc1nc(CN2CCN(C(=O)C(C)CCN)CC2)cs1. The Morgan fingerprint density at radius 3 is 2.70 bits per heavy atom. The van der Waals surface area contributed by atoms with Crippen molar-refractivity contribution in [3.8, 4) is 0 Å². The number of amides is 1. The van der Waals surface area contributed by atoms with E-state index in [4.69, 9.17) is 5.73 Å². The molecule has 2 N–H and O–H groups in total. The fraction of sp³-hybridized carbons (Fsp3) is 0.714. The summed E-state index contributed by atoms with van der Waals surface area (Å²) in [5.74, 6) is 0.298. The van der Waals surface area contributed by atoms with Crippen LogP contribution < -0.4 is 5.73 Å². The van der Waals surface area contributed by atoms with Gasteiger partial charge in [-0.25, -0.2) is 4.98 Å². The highest BCUT2D eigenvalue weighted by molar-refractivity contribution is 7.09. The summed E-state index contributed by atoms with van der Waals surface area (Å²) < 4.78 is 0. The van der Waals surface area contributed by atoms with Crippen molar-refractivity contribution in [3.63, 3.8) is 0 Å². The Morgan fingerprint density at radius 1 is 1.45 bits per heavy atom. The van der Waals surface area contributed by atoms with Crippen molar-refractivity contribution in [2.45, 2.75) is 26.8 Å². The minimum absolute atomic E-state index is 0.0488. The molecule has 1 unspecified atom stereocenters. The first-order valence-corrected chi connectivity index (χ1v) is 8.10. The average molecular weight is 296 g/mol. The fourth-order valence-corrected chi connectivity index (χ4v) is 3.13. The minimum atomic E-state index is 0.0488. The lowest BCUT2D eigenvalue weighted by Gasteiger charge is -2.35. The van der Waals surface area contributed by atoms with Gasteiger partial charge in [0.25, 0.3) is 0 Å². The third kappa shape index (κ3) is 4.01. The van der Waals surface area contributed by atoms with Crippen LogP contribution in [0.5, 0.6) is 0 Å². The van der Waals surface area contributed by atoms with Crippen LogP contribution >= 0.6 is 11.3 Å². The first-order chi connectivity index (χ1) is 9.60. The van der Waals surface area contributed by atoms with Crippen LogP contribution in [0.25, 0.3) is 0 Å². The number of piperazine rings is 1. The Bertz CT molecular complexity index is 440. The number of aryl methyl sites for hydroxylation is 1. The summed E-state index contributed by atoms with van der Waals surface area (Å²) in [7, 11) is 0. The molecule has 1 atom stereocenters. The van der Waals surface area contributed by atoms with Gasteiger partial charge in [-0.15, -0.1) is 11.3 Å². The van der Waals surface area contributed by atoms with E-state index in [1.165, 1.54) is 0 Å². The number of hydrogen-bond donors (Lipinski definition) is 1. The second kappa shape index (κ2) is 7.15. The van der Waals surface area contributed by atoms with Crippen molar-refractivity contribution in [2.24, 2.45) is 11.7 Å². The number of carbonyl (C=O) groups excluding carboxylic acids is 1. The Hall–Kier alpha value is -0.980. The second-order valence-electron chi connectivity index (χ2n) is 5.44. The van der Waals surface area contributed by atoms with Crippen molar-refractivity contribution >= 4 is 17.2 Å². The molecule has 1 amide bonds. The maximum Gasteiger partial charge on any atom is 0.225 e. The van der Waals surface area contributed by atoms with E-state index in [0.717, 1.165) is 49.8 Å². The van der Waals surface area contributed by atoms with E-state index in [1.807, 2.05) is 18.7 Å². The van der Waals surface area contributed by atoms with Crippen LogP contribution in [0.15, 0.2) is 5.38 Å².